The van der Waals surface area contributed by atoms with Crippen molar-refractivity contribution in [1.29, 1.82) is 0 Å². The molecule has 1 atom stereocenters. The van der Waals surface area contributed by atoms with E-state index >= 15 is 0 Å². The Balaban J connectivity index is 1.81. The molecule has 0 heterocycles. The predicted octanol–water partition coefficient (Wildman–Crippen LogP) is 4.31. The van der Waals surface area contributed by atoms with Gasteiger partial charge in [0.15, 0.2) is 0 Å². The number of fused-ring (bicyclic) bond motifs is 1. The number of nitrogens with zero attached hydrogens (tertiary/aromatic N) is 1. The van der Waals surface area contributed by atoms with Crippen molar-refractivity contribution in [2.45, 2.75) is 38.6 Å². The number of amides is 2. The molecule has 2 aromatic carbocycles. The van der Waals surface area contributed by atoms with Gasteiger partial charge >= 0.3 is 6.09 Å². The molecule has 0 saturated heterocycles. The minimum Gasteiger partial charge on any atom is -0.445 e. The Bertz CT molecular complexity index is 922. The summed E-state index contributed by atoms with van der Waals surface area (Å²) in [6.07, 6.45) is 2.49. The van der Waals surface area contributed by atoms with Crippen LogP contribution in [0.25, 0.3) is 0 Å². The van der Waals surface area contributed by atoms with Crippen LogP contribution in [-0.4, -0.2) is 37.2 Å². The second kappa shape index (κ2) is 10.2. The molecule has 2 aromatic rings. The van der Waals surface area contributed by atoms with Crippen molar-refractivity contribution >= 4 is 23.4 Å². The highest BCUT2D eigenvalue weighted by atomic mass is 16.5. The van der Waals surface area contributed by atoms with E-state index < -0.39 is 11.6 Å². The van der Waals surface area contributed by atoms with E-state index in [-0.39, 0.29) is 12.5 Å². The first kappa shape index (κ1) is 22.4. The Morgan fingerprint density at radius 2 is 1.77 bits per heavy atom. The topological polar surface area (TPSA) is 70.7 Å². The van der Waals surface area contributed by atoms with E-state index in [1.165, 1.54) is 11.6 Å². The molecule has 3 rings (SSSR count). The first-order valence-electron chi connectivity index (χ1n) is 10.8. The van der Waals surface area contributed by atoms with Crippen molar-refractivity contribution in [2.75, 3.05) is 29.9 Å². The molecule has 0 bridgehead atoms. The smallest absolute Gasteiger partial charge is 0.408 e. The number of carbonyl (C=O) groups excluding carboxylic acids is 2. The molecule has 2 amide bonds. The van der Waals surface area contributed by atoms with Crippen LogP contribution in [0.5, 0.6) is 0 Å². The summed E-state index contributed by atoms with van der Waals surface area (Å²) >= 11 is 0. The van der Waals surface area contributed by atoms with Crippen LogP contribution < -0.4 is 15.5 Å². The average Bonchev–Trinajstić information content (AvgIpc) is 2.79. The number of benzene rings is 2. The molecule has 31 heavy (non-hydrogen) atoms. The van der Waals surface area contributed by atoms with E-state index in [1.807, 2.05) is 42.5 Å². The highest BCUT2D eigenvalue weighted by Gasteiger charge is 2.43. The summed E-state index contributed by atoms with van der Waals surface area (Å²) < 4.78 is 5.12. The van der Waals surface area contributed by atoms with Gasteiger partial charge in [0.05, 0.1) is 0 Å². The van der Waals surface area contributed by atoms with Gasteiger partial charge in [-0.05, 0) is 62.1 Å². The zero-order valence-electron chi connectivity index (χ0n) is 18.3. The van der Waals surface area contributed by atoms with E-state index in [0.717, 1.165) is 24.3 Å². The number of alkyl carbamates (subject to hydrolysis) is 1. The summed E-state index contributed by atoms with van der Waals surface area (Å²) in [4.78, 5) is 28.0. The fourth-order valence-corrected chi connectivity index (χ4v) is 4.05. The molecule has 6 nitrogen and oxygen atoms in total. The Labute approximate surface area is 184 Å². The van der Waals surface area contributed by atoms with Crippen molar-refractivity contribution in [3.8, 4) is 0 Å². The van der Waals surface area contributed by atoms with E-state index in [4.69, 9.17) is 4.74 Å². The predicted molar refractivity (Wildman–Crippen MR) is 125 cm³/mol. The molecule has 0 spiro atoms. The van der Waals surface area contributed by atoms with E-state index in [9.17, 15) is 9.59 Å². The Hall–Kier alpha value is -3.28. The maximum absolute atomic E-state index is 13.4. The molecule has 164 valence electrons. The van der Waals surface area contributed by atoms with Gasteiger partial charge in [0.1, 0.15) is 12.1 Å². The first-order chi connectivity index (χ1) is 15.0. The quantitative estimate of drug-likeness (QED) is 0.623. The van der Waals surface area contributed by atoms with Gasteiger partial charge in [0, 0.05) is 30.9 Å². The fourth-order valence-electron chi connectivity index (χ4n) is 4.05. The average molecular weight is 422 g/mol. The zero-order chi connectivity index (χ0) is 22.3. The number of hydrogen-bond donors (Lipinski definition) is 2. The van der Waals surface area contributed by atoms with Gasteiger partial charge in [-0.1, -0.05) is 36.9 Å². The molecule has 0 fully saturated rings. The van der Waals surface area contributed by atoms with Crippen molar-refractivity contribution in [3.63, 3.8) is 0 Å². The minimum atomic E-state index is -1.08. The normalized spacial score (nSPS) is 17.2. The molecule has 0 radical (unpaired) electrons. The Morgan fingerprint density at radius 3 is 2.42 bits per heavy atom. The lowest BCUT2D eigenvalue weighted by Crippen LogP contribution is -2.60. The lowest BCUT2D eigenvalue weighted by Gasteiger charge is -2.37. The SMILES string of the molecule is C=CCOC(=O)NC1(C(=O)Nc2ccc(N(CC)CC)cc2)CCc2ccccc2C1. The van der Waals surface area contributed by atoms with Gasteiger partial charge in [-0.15, -0.1) is 0 Å². The lowest BCUT2D eigenvalue weighted by molar-refractivity contribution is -0.122. The molecule has 2 N–H and O–H groups in total. The van der Waals surface area contributed by atoms with E-state index in [1.54, 1.807) is 0 Å². The Morgan fingerprint density at radius 1 is 1.10 bits per heavy atom. The van der Waals surface area contributed by atoms with Crippen LogP contribution in [0.1, 0.15) is 31.4 Å². The largest absolute Gasteiger partial charge is 0.445 e. The molecular weight excluding hydrogens is 390 g/mol. The minimum absolute atomic E-state index is 0.0902. The van der Waals surface area contributed by atoms with Crippen molar-refractivity contribution in [1.82, 2.24) is 5.32 Å². The molecular formula is C25H31N3O3. The van der Waals surface area contributed by atoms with Crippen LogP contribution in [0.2, 0.25) is 0 Å². The summed E-state index contributed by atoms with van der Waals surface area (Å²) in [5, 5.41) is 5.85. The second-order valence-corrected chi connectivity index (χ2v) is 7.71. The number of ether oxygens (including phenoxy) is 1. The highest BCUT2D eigenvalue weighted by Crippen LogP contribution is 2.30. The van der Waals surface area contributed by atoms with Gasteiger partial charge in [0.2, 0.25) is 0 Å². The third kappa shape index (κ3) is 5.26. The van der Waals surface area contributed by atoms with Crippen molar-refractivity contribution < 1.29 is 14.3 Å². The third-order valence-electron chi connectivity index (χ3n) is 5.79. The monoisotopic (exact) mass is 421 g/mol. The first-order valence-corrected chi connectivity index (χ1v) is 10.8. The van der Waals surface area contributed by atoms with Crippen LogP contribution in [0.15, 0.2) is 61.2 Å². The van der Waals surface area contributed by atoms with Gasteiger partial charge in [-0.2, -0.15) is 0 Å². The standard InChI is InChI=1S/C25H31N3O3/c1-4-17-31-24(30)27-25(16-15-19-9-7-8-10-20(19)18-25)23(29)26-21-11-13-22(14-12-21)28(5-2)6-3/h4,7-14H,1,5-6,15-18H2,2-3H3,(H,26,29)(H,27,30). The van der Waals surface area contributed by atoms with Crippen LogP contribution in [0.4, 0.5) is 16.2 Å². The molecule has 1 aliphatic rings. The molecule has 1 aliphatic carbocycles. The molecule has 0 aromatic heterocycles. The molecule has 6 heteroatoms. The van der Waals surface area contributed by atoms with Crippen LogP contribution in [0.3, 0.4) is 0 Å². The van der Waals surface area contributed by atoms with Gasteiger partial charge in [-0.25, -0.2) is 4.79 Å². The summed E-state index contributed by atoms with van der Waals surface area (Å²) in [6.45, 7) is 9.71. The molecule has 0 saturated carbocycles. The van der Waals surface area contributed by atoms with Crippen LogP contribution in [-0.2, 0) is 22.4 Å². The van der Waals surface area contributed by atoms with Gasteiger partial charge < -0.3 is 20.3 Å². The number of nitrogens with one attached hydrogen (secondary N) is 2. The maximum atomic E-state index is 13.4. The van der Waals surface area contributed by atoms with Crippen molar-refractivity contribution in [2.24, 2.45) is 0 Å². The molecule has 0 aliphatic heterocycles. The van der Waals surface area contributed by atoms with Gasteiger partial charge in [-0.3, -0.25) is 4.79 Å². The summed E-state index contributed by atoms with van der Waals surface area (Å²) in [5.74, 6) is -0.242. The maximum Gasteiger partial charge on any atom is 0.408 e. The van der Waals surface area contributed by atoms with Crippen LogP contribution >= 0.6 is 0 Å². The fraction of sp³-hybridized carbons (Fsp3) is 0.360. The number of hydrogen-bond acceptors (Lipinski definition) is 4. The number of aryl methyl sites for hydroxylation is 1. The van der Waals surface area contributed by atoms with Crippen molar-refractivity contribution in [3.05, 3.63) is 72.3 Å². The highest BCUT2D eigenvalue weighted by molar-refractivity contribution is 6.00. The van der Waals surface area contributed by atoms with E-state index in [2.05, 4.69) is 42.0 Å². The van der Waals surface area contributed by atoms with E-state index in [0.29, 0.717) is 24.9 Å². The lowest BCUT2D eigenvalue weighted by atomic mass is 9.77. The summed E-state index contributed by atoms with van der Waals surface area (Å²) in [6, 6.07) is 15.8. The number of anilines is 2. The van der Waals surface area contributed by atoms with Gasteiger partial charge in [0.25, 0.3) is 5.91 Å². The number of rotatable bonds is 8. The summed E-state index contributed by atoms with van der Waals surface area (Å²) in [7, 11) is 0. The third-order valence-corrected chi connectivity index (χ3v) is 5.79. The molecule has 1 unspecified atom stereocenters. The second-order valence-electron chi connectivity index (χ2n) is 7.71. The van der Waals surface area contributed by atoms with Crippen LogP contribution in [0, 0.1) is 0 Å². The number of carbonyl (C=O) groups is 2. The summed E-state index contributed by atoms with van der Waals surface area (Å²) in [5.41, 5.74) is 2.99. The zero-order valence-corrected chi connectivity index (χ0v) is 18.3. The Kier molecular flexibility index (Phi) is 7.34.